The molecule has 4 rings (SSSR count). The standard InChI is InChI=1S/C35H38F2O/c1-3-5-6-7-8-9-10-26-11-13-27(14-12-26)28-15-17-29(18-16-28)32-23-24-33(35(37)34(32)36)30-19-21-31(22-20-30)38-25-4-2/h11-24H,3-10,25H2,1-2H3. The van der Waals surface area contributed by atoms with Gasteiger partial charge in [0.25, 0.3) is 0 Å². The summed E-state index contributed by atoms with van der Waals surface area (Å²) in [5, 5.41) is 0. The van der Waals surface area contributed by atoms with Gasteiger partial charge in [-0.3, -0.25) is 0 Å². The number of ether oxygens (including phenoxy) is 1. The zero-order chi connectivity index (χ0) is 26.7. The maximum absolute atomic E-state index is 15.1. The van der Waals surface area contributed by atoms with Gasteiger partial charge in [0, 0.05) is 11.1 Å². The second-order valence-electron chi connectivity index (χ2n) is 9.95. The average molecular weight is 513 g/mol. The van der Waals surface area contributed by atoms with Gasteiger partial charge in [-0.2, -0.15) is 0 Å². The molecule has 1 nitrogen and oxygen atoms in total. The van der Waals surface area contributed by atoms with Gasteiger partial charge >= 0.3 is 0 Å². The Hall–Kier alpha value is -3.46. The van der Waals surface area contributed by atoms with Crippen LogP contribution < -0.4 is 4.74 Å². The molecule has 0 saturated carbocycles. The Bertz CT molecular complexity index is 1280. The van der Waals surface area contributed by atoms with E-state index in [1.54, 1.807) is 36.4 Å². The summed E-state index contributed by atoms with van der Waals surface area (Å²) in [6.07, 6.45) is 9.84. The zero-order valence-electron chi connectivity index (χ0n) is 22.6. The maximum atomic E-state index is 15.1. The van der Waals surface area contributed by atoms with Crippen LogP contribution in [0.3, 0.4) is 0 Å². The minimum atomic E-state index is -0.838. The molecule has 198 valence electrons. The van der Waals surface area contributed by atoms with Crippen molar-refractivity contribution in [2.45, 2.75) is 65.2 Å². The molecular formula is C35H38F2O. The molecule has 0 radical (unpaired) electrons. The van der Waals surface area contributed by atoms with Crippen molar-refractivity contribution < 1.29 is 13.5 Å². The van der Waals surface area contributed by atoms with Crippen molar-refractivity contribution in [3.63, 3.8) is 0 Å². The first kappa shape index (κ1) is 27.6. The largest absolute Gasteiger partial charge is 0.494 e. The Morgan fingerprint density at radius 2 is 0.974 bits per heavy atom. The van der Waals surface area contributed by atoms with Crippen molar-refractivity contribution in [1.29, 1.82) is 0 Å². The highest BCUT2D eigenvalue weighted by Gasteiger charge is 2.16. The molecule has 0 N–H and O–H groups in total. The second-order valence-corrected chi connectivity index (χ2v) is 9.95. The van der Waals surface area contributed by atoms with Gasteiger partial charge in [-0.1, -0.05) is 119 Å². The predicted molar refractivity (Wildman–Crippen MR) is 156 cm³/mol. The van der Waals surface area contributed by atoms with E-state index in [1.165, 1.54) is 44.1 Å². The van der Waals surface area contributed by atoms with Crippen molar-refractivity contribution in [1.82, 2.24) is 0 Å². The molecule has 0 heterocycles. The third-order valence-electron chi connectivity index (χ3n) is 7.02. The lowest BCUT2D eigenvalue weighted by atomic mass is 9.96. The van der Waals surface area contributed by atoms with Crippen LogP contribution in [0.2, 0.25) is 0 Å². The van der Waals surface area contributed by atoms with Crippen molar-refractivity contribution in [3.05, 3.63) is 102 Å². The van der Waals surface area contributed by atoms with Crippen molar-refractivity contribution in [2.75, 3.05) is 6.61 Å². The first-order chi connectivity index (χ1) is 18.6. The van der Waals surface area contributed by atoms with Crippen LogP contribution in [0.4, 0.5) is 8.78 Å². The molecular weight excluding hydrogens is 474 g/mol. The van der Waals surface area contributed by atoms with Gasteiger partial charge < -0.3 is 4.74 Å². The molecule has 0 aliphatic heterocycles. The number of rotatable bonds is 13. The SMILES string of the molecule is CCCCCCCCc1ccc(-c2ccc(-c3ccc(-c4ccc(OCCC)cc4)c(F)c3F)cc2)cc1. The fraction of sp³-hybridized carbons (Fsp3) is 0.314. The van der Waals surface area contributed by atoms with Crippen molar-refractivity contribution in [3.8, 4) is 39.1 Å². The Balaban J connectivity index is 1.41. The molecule has 3 heteroatoms. The van der Waals surface area contributed by atoms with Gasteiger partial charge in [0.2, 0.25) is 0 Å². The second kappa shape index (κ2) is 13.9. The number of unbranched alkanes of at least 4 members (excludes halogenated alkanes) is 5. The van der Waals surface area contributed by atoms with Crippen LogP contribution in [0.15, 0.2) is 84.9 Å². The van der Waals surface area contributed by atoms with E-state index in [4.69, 9.17) is 4.74 Å². The molecule has 38 heavy (non-hydrogen) atoms. The molecule has 4 aromatic carbocycles. The summed E-state index contributed by atoms with van der Waals surface area (Å²) in [5.74, 6) is -0.948. The average Bonchev–Trinajstić information content (AvgIpc) is 2.96. The van der Waals surface area contributed by atoms with Crippen LogP contribution in [0, 0.1) is 11.6 Å². The van der Waals surface area contributed by atoms with E-state index >= 15 is 8.78 Å². The number of aryl methyl sites for hydroxylation is 1. The van der Waals surface area contributed by atoms with Crippen LogP contribution in [0.5, 0.6) is 5.75 Å². The van der Waals surface area contributed by atoms with E-state index in [1.807, 2.05) is 31.2 Å². The number of benzene rings is 4. The highest BCUT2D eigenvalue weighted by Crippen LogP contribution is 2.33. The molecule has 0 fully saturated rings. The third kappa shape index (κ3) is 7.10. The fourth-order valence-electron chi connectivity index (χ4n) is 4.76. The lowest BCUT2D eigenvalue weighted by molar-refractivity contribution is 0.317. The smallest absolute Gasteiger partial charge is 0.167 e. The van der Waals surface area contributed by atoms with E-state index in [9.17, 15) is 0 Å². The first-order valence-corrected chi connectivity index (χ1v) is 14.0. The molecule has 4 aromatic rings. The van der Waals surface area contributed by atoms with Crippen molar-refractivity contribution in [2.24, 2.45) is 0 Å². The van der Waals surface area contributed by atoms with Gasteiger partial charge in [0.05, 0.1) is 6.61 Å². The maximum Gasteiger partial charge on any atom is 0.167 e. The fourth-order valence-corrected chi connectivity index (χ4v) is 4.76. The summed E-state index contributed by atoms with van der Waals surface area (Å²) >= 11 is 0. The molecule has 0 aromatic heterocycles. The molecule has 0 amide bonds. The van der Waals surface area contributed by atoms with E-state index in [0.29, 0.717) is 17.7 Å². The highest BCUT2D eigenvalue weighted by molar-refractivity contribution is 5.74. The van der Waals surface area contributed by atoms with Gasteiger partial charge in [-0.05, 0) is 59.2 Å². The number of hydrogen-bond donors (Lipinski definition) is 0. The highest BCUT2D eigenvalue weighted by atomic mass is 19.2. The summed E-state index contributed by atoms with van der Waals surface area (Å²) in [6.45, 7) is 4.91. The lowest BCUT2D eigenvalue weighted by Crippen LogP contribution is -1.96. The molecule has 0 atom stereocenters. The van der Waals surface area contributed by atoms with E-state index in [2.05, 4.69) is 31.2 Å². The molecule has 0 saturated heterocycles. The zero-order valence-corrected chi connectivity index (χ0v) is 22.6. The molecule has 0 aliphatic rings. The first-order valence-electron chi connectivity index (χ1n) is 14.0. The number of hydrogen-bond acceptors (Lipinski definition) is 1. The molecule has 0 spiro atoms. The molecule has 0 bridgehead atoms. The predicted octanol–water partition coefficient (Wildman–Crippen LogP) is 10.7. The monoisotopic (exact) mass is 512 g/mol. The van der Waals surface area contributed by atoms with Crippen LogP contribution >= 0.6 is 0 Å². The lowest BCUT2D eigenvalue weighted by Gasteiger charge is -2.11. The normalized spacial score (nSPS) is 11.1. The summed E-state index contributed by atoms with van der Waals surface area (Å²) in [7, 11) is 0. The van der Waals surface area contributed by atoms with E-state index in [0.717, 1.165) is 29.7 Å². The van der Waals surface area contributed by atoms with Crippen LogP contribution in [-0.2, 0) is 6.42 Å². The van der Waals surface area contributed by atoms with Gasteiger partial charge in [-0.25, -0.2) is 8.78 Å². The summed E-state index contributed by atoms with van der Waals surface area (Å²) < 4.78 is 35.8. The van der Waals surface area contributed by atoms with Crippen LogP contribution in [-0.4, -0.2) is 6.61 Å². The number of halogens is 2. The molecule has 0 aliphatic carbocycles. The van der Waals surface area contributed by atoms with E-state index in [-0.39, 0.29) is 11.1 Å². The third-order valence-corrected chi connectivity index (χ3v) is 7.02. The van der Waals surface area contributed by atoms with E-state index < -0.39 is 11.6 Å². The Morgan fingerprint density at radius 1 is 0.500 bits per heavy atom. The van der Waals surface area contributed by atoms with Gasteiger partial charge in [-0.15, -0.1) is 0 Å². The van der Waals surface area contributed by atoms with Gasteiger partial charge in [0.1, 0.15) is 5.75 Å². The summed E-state index contributed by atoms with van der Waals surface area (Å²) in [4.78, 5) is 0. The molecule has 0 unspecified atom stereocenters. The Morgan fingerprint density at radius 3 is 1.53 bits per heavy atom. The van der Waals surface area contributed by atoms with Crippen LogP contribution in [0.1, 0.15) is 64.4 Å². The quantitative estimate of drug-likeness (QED) is 0.162. The minimum Gasteiger partial charge on any atom is -0.494 e. The van der Waals surface area contributed by atoms with Crippen molar-refractivity contribution >= 4 is 0 Å². The summed E-state index contributed by atoms with van der Waals surface area (Å²) in [6, 6.07) is 26.7. The van der Waals surface area contributed by atoms with Gasteiger partial charge in [0.15, 0.2) is 11.6 Å². The topological polar surface area (TPSA) is 9.23 Å². The van der Waals surface area contributed by atoms with Crippen LogP contribution in [0.25, 0.3) is 33.4 Å². The minimum absolute atomic E-state index is 0.242. The summed E-state index contributed by atoms with van der Waals surface area (Å²) in [5.41, 5.74) is 5.31. The Kier molecular flexibility index (Phi) is 10.1. The Labute approximate surface area is 226 Å².